The van der Waals surface area contributed by atoms with Crippen LogP contribution in [0, 0.1) is 6.92 Å². The maximum Gasteiger partial charge on any atom is 0.417 e. The lowest BCUT2D eigenvalue weighted by Crippen LogP contribution is -2.24. The molecule has 1 atom stereocenters. The van der Waals surface area contributed by atoms with E-state index in [1.807, 2.05) is 0 Å². The van der Waals surface area contributed by atoms with Crippen molar-refractivity contribution >= 4 is 23.6 Å². The fraction of sp³-hybridized carbons (Fsp3) is 0.267. The quantitative estimate of drug-likeness (QED) is 0.839. The van der Waals surface area contributed by atoms with Crippen molar-refractivity contribution in [2.45, 2.75) is 26.1 Å². The first-order valence-corrected chi connectivity index (χ1v) is 7.20. The van der Waals surface area contributed by atoms with Crippen LogP contribution in [0.15, 0.2) is 28.8 Å². The van der Waals surface area contributed by atoms with Crippen LogP contribution in [0.1, 0.15) is 35.8 Å². The second kappa shape index (κ2) is 7.04. The van der Waals surface area contributed by atoms with E-state index in [2.05, 4.69) is 15.5 Å². The number of carbonyl (C=O) groups is 1. The van der Waals surface area contributed by atoms with Crippen LogP contribution in [0.4, 0.5) is 13.2 Å². The van der Waals surface area contributed by atoms with Crippen LogP contribution in [0.25, 0.3) is 6.08 Å². The molecule has 128 valence electrons. The van der Waals surface area contributed by atoms with Crippen LogP contribution in [0.3, 0.4) is 0 Å². The molecule has 0 fully saturated rings. The highest BCUT2D eigenvalue weighted by atomic mass is 35.5. The van der Waals surface area contributed by atoms with E-state index in [-0.39, 0.29) is 11.5 Å². The van der Waals surface area contributed by atoms with Gasteiger partial charge in [0.15, 0.2) is 5.82 Å². The molecule has 0 unspecified atom stereocenters. The van der Waals surface area contributed by atoms with Gasteiger partial charge in [0.1, 0.15) is 6.04 Å². The zero-order chi connectivity index (χ0) is 17.9. The van der Waals surface area contributed by atoms with Gasteiger partial charge >= 0.3 is 6.18 Å². The highest BCUT2D eigenvalue weighted by Crippen LogP contribution is 2.35. The number of halogens is 4. The number of nitrogens with zero attached hydrogens (tertiary/aromatic N) is 2. The van der Waals surface area contributed by atoms with Crippen molar-refractivity contribution in [1.82, 2.24) is 15.5 Å². The molecule has 0 bridgehead atoms. The molecule has 0 aliphatic carbocycles. The number of amides is 1. The van der Waals surface area contributed by atoms with Gasteiger partial charge in [-0.3, -0.25) is 4.79 Å². The maximum atomic E-state index is 12.8. The highest BCUT2D eigenvalue weighted by Gasteiger charge is 2.33. The molecule has 9 heteroatoms. The molecular weight excluding hydrogens is 347 g/mol. The van der Waals surface area contributed by atoms with Gasteiger partial charge in [-0.25, -0.2) is 0 Å². The third-order valence-electron chi connectivity index (χ3n) is 3.00. The third-order valence-corrected chi connectivity index (χ3v) is 3.33. The number of hydrogen-bond acceptors (Lipinski definition) is 4. The number of carbonyl (C=O) groups excluding carboxylic acids is 1. The molecule has 1 N–H and O–H groups in total. The summed E-state index contributed by atoms with van der Waals surface area (Å²) < 4.78 is 43.3. The maximum absolute atomic E-state index is 12.8. The van der Waals surface area contributed by atoms with E-state index in [4.69, 9.17) is 16.1 Å². The normalized spacial score (nSPS) is 13.2. The molecule has 2 aromatic rings. The van der Waals surface area contributed by atoms with Crippen molar-refractivity contribution in [1.29, 1.82) is 0 Å². The molecule has 1 aromatic carbocycles. The first-order chi connectivity index (χ1) is 11.2. The number of aryl methyl sites for hydroxylation is 1. The van der Waals surface area contributed by atoms with Crippen LogP contribution in [0.5, 0.6) is 0 Å². The second-order valence-electron chi connectivity index (χ2n) is 4.98. The van der Waals surface area contributed by atoms with Crippen molar-refractivity contribution in [3.8, 4) is 0 Å². The molecule has 0 saturated carbocycles. The van der Waals surface area contributed by atoms with Gasteiger partial charge in [0, 0.05) is 6.08 Å². The van der Waals surface area contributed by atoms with E-state index in [0.29, 0.717) is 5.82 Å². The van der Waals surface area contributed by atoms with Gasteiger partial charge in [-0.1, -0.05) is 22.8 Å². The first kappa shape index (κ1) is 18.0. The summed E-state index contributed by atoms with van der Waals surface area (Å²) in [6.07, 6.45) is -2.19. The van der Waals surface area contributed by atoms with Gasteiger partial charge in [0.25, 0.3) is 0 Å². The predicted octanol–water partition coefficient (Wildman–Crippen LogP) is 3.94. The van der Waals surface area contributed by atoms with Gasteiger partial charge in [-0.15, -0.1) is 0 Å². The average Bonchev–Trinajstić information content (AvgIpc) is 2.92. The predicted molar refractivity (Wildman–Crippen MR) is 81.1 cm³/mol. The van der Waals surface area contributed by atoms with E-state index in [1.54, 1.807) is 13.8 Å². The highest BCUT2D eigenvalue weighted by molar-refractivity contribution is 6.31. The minimum atomic E-state index is -4.56. The smallest absolute Gasteiger partial charge is 0.341 e. The van der Waals surface area contributed by atoms with Crippen molar-refractivity contribution in [3.63, 3.8) is 0 Å². The Morgan fingerprint density at radius 3 is 2.71 bits per heavy atom. The van der Waals surface area contributed by atoms with Crippen LogP contribution in [0.2, 0.25) is 5.02 Å². The molecule has 0 spiro atoms. The molecule has 0 aliphatic heterocycles. The van der Waals surface area contributed by atoms with E-state index in [9.17, 15) is 18.0 Å². The number of benzene rings is 1. The number of nitrogens with one attached hydrogen (secondary N) is 1. The Labute approximate surface area is 140 Å². The molecule has 2 rings (SSSR count). The lowest BCUT2D eigenvalue weighted by atomic mass is 10.1. The molecule has 0 aliphatic rings. The Kier molecular flexibility index (Phi) is 5.28. The van der Waals surface area contributed by atoms with Crippen molar-refractivity contribution < 1.29 is 22.5 Å². The summed E-state index contributed by atoms with van der Waals surface area (Å²) in [5.41, 5.74) is -0.760. The Bertz CT molecular complexity index is 772. The van der Waals surface area contributed by atoms with Crippen LogP contribution in [-0.2, 0) is 11.0 Å². The molecular formula is C15H13ClF3N3O2. The summed E-state index contributed by atoms with van der Waals surface area (Å²) in [5, 5.41) is 5.77. The molecule has 24 heavy (non-hydrogen) atoms. The number of alkyl halides is 3. The Morgan fingerprint density at radius 2 is 2.12 bits per heavy atom. The van der Waals surface area contributed by atoms with E-state index < -0.39 is 28.7 Å². The number of aromatic nitrogens is 2. The largest absolute Gasteiger partial charge is 0.417 e. The molecule has 1 heterocycles. The Morgan fingerprint density at radius 1 is 1.42 bits per heavy atom. The number of rotatable bonds is 4. The summed E-state index contributed by atoms with van der Waals surface area (Å²) in [5.74, 6) is 0.157. The van der Waals surface area contributed by atoms with Gasteiger partial charge in [-0.2, -0.15) is 18.2 Å². The SMILES string of the molecule is Cc1noc([C@H](C)NC(=O)/C=C/c2ccc(Cl)c(C(F)(F)F)c2)n1. The standard InChI is InChI=1S/C15H13ClF3N3O2/c1-8(14-21-9(2)22-24-14)20-13(23)6-4-10-3-5-12(16)11(7-10)15(17,18)19/h3-8H,1-2H3,(H,20,23)/b6-4+/t8-/m0/s1. The van der Waals surface area contributed by atoms with Gasteiger partial charge in [0.2, 0.25) is 11.8 Å². The summed E-state index contributed by atoms with van der Waals surface area (Å²) in [6.45, 7) is 3.28. The molecule has 0 saturated heterocycles. The van der Waals surface area contributed by atoms with Crippen molar-refractivity contribution in [2.75, 3.05) is 0 Å². The average molecular weight is 360 g/mol. The minimum Gasteiger partial charge on any atom is -0.341 e. The van der Waals surface area contributed by atoms with Gasteiger partial charge in [-0.05, 0) is 37.6 Å². The third kappa shape index (κ3) is 4.58. The monoisotopic (exact) mass is 359 g/mol. The van der Waals surface area contributed by atoms with Gasteiger partial charge < -0.3 is 9.84 Å². The van der Waals surface area contributed by atoms with Crippen LogP contribution < -0.4 is 5.32 Å². The fourth-order valence-corrected chi connectivity index (χ4v) is 2.07. The van der Waals surface area contributed by atoms with Crippen molar-refractivity contribution in [2.24, 2.45) is 0 Å². The molecule has 0 radical (unpaired) electrons. The summed E-state index contributed by atoms with van der Waals surface area (Å²) >= 11 is 5.54. The molecule has 1 amide bonds. The Balaban J connectivity index is 2.06. The number of hydrogen-bond donors (Lipinski definition) is 1. The van der Waals surface area contributed by atoms with E-state index in [1.165, 1.54) is 12.1 Å². The second-order valence-corrected chi connectivity index (χ2v) is 5.39. The minimum absolute atomic E-state index is 0.197. The molecule has 5 nitrogen and oxygen atoms in total. The topological polar surface area (TPSA) is 68.0 Å². The Hall–Kier alpha value is -2.35. The fourth-order valence-electron chi connectivity index (χ4n) is 1.85. The summed E-state index contributed by atoms with van der Waals surface area (Å²) in [6, 6.07) is 2.86. The van der Waals surface area contributed by atoms with Crippen molar-refractivity contribution in [3.05, 3.63) is 52.1 Å². The lowest BCUT2D eigenvalue weighted by molar-refractivity contribution is -0.137. The summed E-state index contributed by atoms with van der Waals surface area (Å²) in [4.78, 5) is 15.8. The lowest BCUT2D eigenvalue weighted by Gasteiger charge is -2.09. The molecule has 1 aromatic heterocycles. The first-order valence-electron chi connectivity index (χ1n) is 6.82. The van der Waals surface area contributed by atoms with Crippen LogP contribution in [-0.4, -0.2) is 16.0 Å². The van der Waals surface area contributed by atoms with E-state index >= 15 is 0 Å². The van der Waals surface area contributed by atoms with E-state index in [0.717, 1.165) is 18.2 Å². The zero-order valence-corrected chi connectivity index (χ0v) is 13.4. The van der Waals surface area contributed by atoms with Crippen LogP contribution >= 0.6 is 11.6 Å². The van der Waals surface area contributed by atoms with Gasteiger partial charge in [0.05, 0.1) is 10.6 Å². The zero-order valence-electron chi connectivity index (χ0n) is 12.7. The summed E-state index contributed by atoms with van der Waals surface area (Å²) in [7, 11) is 0.